The molecule has 0 radical (unpaired) electrons. The van der Waals surface area contributed by atoms with Crippen molar-refractivity contribution in [2.75, 3.05) is 30.3 Å². The lowest BCUT2D eigenvalue weighted by Crippen LogP contribution is -2.34. The van der Waals surface area contributed by atoms with Crippen molar-refractivity contribution in [2.45, 2.75) is 51.6 Å². The second kappa shape index (κ2) is 14.2. The number of aryl methyl sites for hydroxylation is 2. The minimum Gasteiger partial charge on any atom is -0.484 e. The summed E-state index contributed by atoms with van der Waals surface area (Å²) < 4.78 is 7.55. The highest BCUT2D eigenvalue weighted by molar-refractivity contribution is 7.98. The maximum Gasteiger partial charge on any atom is 0.260 e. The van der Waals surface area contributed by atoms with E-state index in [9.17, 15) is 9.59 Å². The van der Waals surface area contributed by atoms with E-state index in [1.807, 2.05) is 101 Å². The van der Waals surface area contributed by atoms with Crippen LogP contribution in [0.5, 0.6) is 5.75 Å². The third kappa shape index (κ3) is 7.34. The predicted molar refractivity (Wildman–Crippen MR) is 180 cm³/mol. The number of carbonyl (C=O) groups excluding carboxylic acids is 2. The standard InChI is InChI=1S/C34H37ClN6O3S/c1-6-40(7-2)29(42)19-44-26-15-13-24(14-16-26)31-30(32(43)37-28-17-12-21(3)18-22(28)4)23(5)36-33-38-34(39-41(31)33)45-20-25-10-8-9-11-27(25)35/h8-18,31H,6-7,19-20H2,1-5H3,(H,37,43)(H,36,38,39). The molecule has 3 aromatic carbocycles. The first kappa shape index (κ1) is 32.1. The summed E-state index contributed by atoms with van der Waals surface area (Å²) in [5.41, 5.74) is 5.83. The highest BCUT2D eigenvalue weighted by atomic mass is 35.5. The molecule has 45 heavy (non-hydrogen) atoms. The second-order valence-corrected chi connectivity index (χ2v) is 12.2. The Kier molecular flexibility index (Phi) is 10.1. The lowest BCUT2D eigenvalue weighted by atomic mass is 9.94. The fraction of sp³-hybridized carbons (Fsp3) is 0.294. The van der Waals surface area contributed by atoms with Gasteiger partial charge in [0, 0.05) is 35.2 Å². The topological polar surface area (TPSA) is 101 Å². The van der Waals surface area contributed by atoms with Gasteiger partial charge in [-0.25, -0.2) is 4.68 Å². The van der Waals surface area contributed by atoms with Gasteiger partial charge in [-0.05, 0) is 75.6 Å². The number of rotatable bonds is 11. The van der Waals surface area contributed by atoms with Crippen molar-refractivity contribution >= 4 is 46.8 Å². The first-order valence-corrected chi connectivity index (χ1v) is 16.2. The number of nitrogens with zero attached hydrogens (tertiary/aromatic N) is 4. The zero-order chi connectivity index (χ0) is 32.1. The summed E-state index contributed by atoms with van der Waals surface area (Å²) in [5.74, 6) is 1.38. The lowest BCUT2D eigenvalue weighted by molar-refractivity contribution is -0.133. The number of thioether (sulfide) groups is 1. The van der Waals surface area contributed by atoms with Crippen molar-refractivity contribution in [3.8, 4) is 5.75 Å². The first-order chi connectivity index (χ1) is 21.7. The molecule has 234 valence electrons. The van der Waals surface area contributed by atoms with E-state index in [-0.39, 0.29) is 18.4 Å². The summed E-state index contributed by atoms with van der Waals surface area (Å²) >= 11 is 7.85. The molecule has 11 heteroatoms. The van der Waals surface area contributed by atoms with E-state index in [1.165, 1.54) is 11.8 Å². The van der Waals surface area contributed by atoms with Gasteiger partial charge in [0.1, 0.15) is 11.8 Å². The summed E-state index contributed by atoms with van der Waals surface area (Å²) in [4.78, 5) is 32.9. The number of allylic oxidation sites excluding steroid dienone is 1. The average Bonchev–Trinajstić information content (AvgIpc) is 3.43. The third-order valence-corrected chi connectivity index (χ3v) is 8.95. The van der Waals surface area contributed by atoms with Gasteiger partial charge in [0.2, 0.25) is 11.1 Å². The molecule has 1 atom stereocenters. The quantitative estimate of drug-likeness (QED) is 0.169. The highest BCUT2D eigenvalue weighted by Crippen LogP contribution is 2.38. The van der Waals surface area contributed by atoms with Crippen LogP contribution in [0.15, 0.2) is 83.2 Å². The Morgan fingerprint density at radius 3 is 2.47 bits per heavy atom. The molecule has 1 aromatic heterocycles. The highest BCUT2D eigenvalue weighted by Gasteiger charge is 2.34. The van der Waals surface area contributed by atoms with E-state index in [0.29, 0.717) is 52.0 Å². The molecule has 4 aromatic rings. The van der Waals surface area contributed by atoms with Crippen molar-refractivity contribution in [3.05, 3.63) is 105 Å². The lowest BCUT2D eigenvalue weighted by Gasteiger charge is -2.29. The zero-order valence-corrected chi connectivity index (χ0v) is 27.6. The van der Waals surface area contributed by atoms with Gasteiger partial charge >= 0.3 is 0 Å². The van der Waals surface area contributed by atoms with Crippen molar-refractivity contribution in [2.24, 2.45) is 0 Å². The van der Waals surface area contributed by atoms with Gasteiger partial charge in [-0.1, -0.05) is 71.4 Å². The van der Waals surface area contributed by atoms with E-state index in [0.717, 1.165) is 27.9 Å². The Hall–Kier alpha value is -4.28. The fourth-order valence-corrected chi connectivity index (χ4v) is 6.37. The second-order valence-electron chi connectivity index (χ2n) is 10.8. The molecule has 0 saturated carbocycles. The summed E-state index contributed by atoms with van der Waals surface area (Å²) in [6.45, 7) is 11.0. The Morgan fingerprint density at radius 1 is 1.04 bits per heavy atom. The van der Waals surface area contributed by atoms with Crippen LogP contribution < -0.4 is 15.4 Å². The molecule has 2 N–H and O–H groups in total. The summed E-state index contributed by atoms with van der Waals surface area (Å²) in [6.07, 6.45) is 0. The van der Waals surface area contributed by atoms with Gasteiger partial charge in [0.05, 0.1) is 5.57 Å². The van der Waals surface area contributed by atoms with Crippen LogP contribution in [-0.2, 0) is 15.3 Å². The number of hydrogen-bond donors (Lipinski definition) is 2. The van der Waals surface area contributed by atoms with Crippen molar-refractivity contribution < 1.29 is 14.3 Å². The number of hydrogen-bond acceptors (Lipinski definition) is 7. The zero-order valence-electron chi connectivity index (χ0n) is 26.1. The van der Waals surface area contributed by atoms with Gasteiger partial charge in [-0.3, -0.25) is 9.59 Å². The smallest absolute Gasteiger partial charge is 0.260 e. The van der Waals surface area contributed by atoms with Crippen molar-refractivity contribution in [1.82, 2.24) is 19.7 Å². The molecule has 0 saturated heterocycles. The molecule has 5 rings (SSSR count). The van der Waals surface area contributed by atoms with Gasteiger partial charge < -0.3 is 20.3 Å². The largest absolute Gasteiger partial charge is 0.484 e. The number of carbonyl (C=O) groups is 2. The third-order valence-electron chi connectivity index (χ3n) is 7.70. The molecule has 2 amide bonds. The maximum absolute atomic E-state index is 14.0. The summed E-state index contributed by atoms with van der Waals surface area (Å²) in [6, 6.07) is 20.5. The number of halogens is 1. The van der Waals surface area contributed by atoms with Gasteiger partial charge in [0.25, 0.3) is 11.8 Å². The van der Waals surface area contributed by atoms with Crippen molar-refractivity contribution in [3.63, 3.8) is 0 Å². The van der Waals surface area contributed by atoms with Crippen LogP contribution in [0.1, 0.15) is 49.1 Å². The maximum atomic E-state index is 14.0. The fourth-order valence-electron chi connectivity index (χ4n) is 5.26. The minimum absolute atomic E-state index is 0.0455. The first-order valence-electron chi connectivity index (χ1n) is 14.9. The van der Waals surface area contributed by atoms with E-state index in [2.05, 4.69) is 10.6 Å². The molecule has 1 aliphatic heterocycles. The average molecular weight is 645 g/mol. The van der Waals surface area contributed by atoms with E-state index < -0.39 is 6.04 Å². The normalized spacial score (nSPS) is 14.0. The molecule has 0 fully saturated rings. The van der Waals surface area contributed by atoms with Crippen LogP contribution in [0.4, 0.5) is 11.6 Å². The number of likely N-dealkylation sites (N-methyl/N-ethyl adjacent to an activating group) is 1. The number of ether oxygens (including phenoxy) is 1. The number of benzene rings is 3. The SMILES string of the molecule is CCN(CC)C(=O)COc1ccc(C2C(C(=O)Nc3ccc(C)cc3C)=C(C)Nc3nc(SCc4ccccc4Cl)nn32)cc1. The van der Waals surface area contributed by atoms with E-state index in [4.69, 9.17) is 26.4 Å². The number of aromatic nitrogens is 3. The number of nitrogens with one attached hydrogen (secondary N) is 2. The molecular weight excluding hydrogens is 608 g/mol. The Morgan fingerprint density at radius 2 is 1.78 bits per heavy atom. The van der Waals surface area contributed by atoms with Crippen LogP contribution in [0.25, 0.3) is 0 Å². The summed E-state index contributed by atoms with van der Waals surface area (Å²) in [5, 5.41) is 12.5. The number of fused-ring (bicyclic) bond motifs is 1. The molecule has 0 bridgehead atoms. The molecule has 1 aliphatic rings. The molecule has 1 unspecified atom stereocenters. The van der Waals surface area contributed by atoms with Gasteiger partial charge in [0.15, 0.2) is 6.61 Å². The van der Waals surface area contributed by atoms with Crippen LogP contribution in [0.3, 0.4) is 0 Å². The monoisotopic (exact) mass is 644 g/mol. The number of anilines is 2. The Balaban J connectivity index is 1.45. The molecular formula is C34H37ClN6O3S. The van der Waals surface area contributed by atoms with E-state index >= 15 is 0 Å². The van der Waals surface area contributed by atoms with Crippen molar-refractivity contribution in [1.29, 1.82) is 0 Å². The summed E-state index contributed by atoms with van der Waals surface area (Å²) in [7, 11) is 0. The van der Waals surface area contributed by atoms with Crippen LogP contribution in [-0.4, -0.2) is 51.2 Å². The minimum atomic E-state index is -0.569. The molecule has 2 heterocycles. The molecule has 9 nitrogen and oxygen atoms in total. The predicted octanol–water partition coefficient (Wildman–Crippen LogP) is 7.02. The van der Waals surface area contributed by atoms with E-state index in [1.54, 1.807) is 9.58 Å². The van der Waals surface area contributed by atoms with Crippen LogP contribution in [0, 0.1) is 13.8 Å². The molecule has 0 spiro atoms. The Bertz CT molecular complexity index is 1730. The van der Waals surface area contributed by atoms with Gasteiger partial charge in [-0.15, -0.1) is 5.10 Å². The Labute approximate surface area is 273 Å². The molecule has 0 aliphatic carbocycles. The van der Waals surface area contributed by atoms with Gasteiger partial charge in [-0.2, -0.15) is 4.98 Å². The number of amides is 2. The van der Waals surface area contributed by atoms with Crippen LogP contribution >= 0.6 is 23.4 Å². The van der Waals surface area contributed by atoms with Crippen LogP contribution in [0.2, 0.25) is 5.02 Å².